The van der Waals surface area contributed by atoms with E-state index in [1.165, 1.54) is 5.56 Å². The van der Waals surface area contributed by atoms with Gasteiger partial charge in [0.25, 0.3) is 0 Å². The summed E-state index contributed by atoms with van der Waals surface area (Å²) in [5, 5.41) is 4.54. The number of benzene rings is 1. The van der Waals surface area contributed by atoms with Crippen LogP contribution in [-0.2, 0) is 6.54 Å². The molecule has 0 radical (unpaired) electrons. The molecular formula is C15H14BrN3O. The van der Waals surface area contributed by atoms with E-state index < -0.39 is 0 Å². The summed E-state index contributed by atoms with van der Waals surface area (Å²) in [7, 11) is 1.66. The molecule has 5 heteroatoms. The van der Waals surface area contributed by atoms with Crippen molar-refractivity contribution in [1.29, 1.82) is 0 Å². The van der Waals surface area contributed by atoms with Crippen LogP contribution in [0, 0.1) is 0 Å². The second kappa shape index (κ2) is 5.54. The molecule has 2 aromatic heterocycles. The van der Waals surface area contributed by atoms with Gasteiger partial charge in [-0.15, -0.1) is 0 Å². The number of ether oxygens (including phenoxy) is 1. The Kier molecular flexibility index (Phi) is 3.60. The predicted molar refractivity (Wildman–Crippen MR) is 84.1 cm³/mol. The lowest BCUT2D eigenvalue weighted by atomic mass is 10.2. The second-order valence-corrected chi connectivity index (χ2v) is 5.27. The second-order valence-electron chi connectivity index (χ2n) is 4.42. The fraction of sp³-hybridized carbons (Fsp3) is 0.133. The van der Waals surface area contributed by atoms with Gasteiger partial charge >= 0.3 is 0 Å². The van der Waals surface area contributed by atoms with Crippen molar-refractivity contribution < 1.29 is 4.74 Å². The summed E-state index contributed by atoms with van der Waals surface area (Å²) in [6, 6.07) is 9.97. The van der Waals surface area contributed by atoms with Crippen molar-refractivity contribution >= 4 is 32.7 Å². The number of rotatable bonds is 4. The van der Waals surface area contributed by atoms with Crippen molar-refractivity contribution in [3.05, 3.63) is 52.8 Å². The summed E-state index contributed by atoms with van der Waals surface area (Å²) in [4.78, 5) is 7.46. The van der Waals surface area contributed by atoms with Crippen LogP contribution in [0.15, 0.2) is 47.2 Å². The maximum absolute atomic E-state index is 5.29. The van der Waals surface area contributed by atoms with Crippen molar-refractivity contribution in [1.82, 2.24) is 9.97 Å². The Hall–Kier alpha value is -2.01. The number of methoxy groups -OCH3 is 1. The van der Waals surface area contributed by atoms with Crippen LogP contribution in [0.3, 0.4) is 0 Å². The number of hydrogen-bond donors (Lipinski definition) is 2. The lowest BCUT2D eigenvalue weighted by Crippen LogP contribution is -1.99. The zero-order valence-electron chi connectivity index (χ0n) is 11.0. The molecule has 0 spiro atoms. The van der Waals surface area contributed by atoms with Crippen molar-refractivity contribution in [3.63, 3.8) is 0 Å². The molecule has 2 N–H and O–H groups in total. The summed E-state index contributed by atoms with van der Waals surface area (Å²) in [6.45, 7) is 0.733. The predicted octanol–water partition coefficient (Wildman–Crippen LogP) is 3.95. The number of H-pyrrole nitrogens is 1. The van der Waals surface area contributed by atoms with E-state index in [0.717, 1.165) is 33.5 Å². The van der Waals surface area contributed by atoms with Gasteiger partial charge in [-0.25, -0.2) is 4.98 Å². The van der Waals surface area contributed by atoms with Crippen LogP contribution < -0.4 is 10.1 Å². The summed E-state index contributed by atoms with van der Waals surface area (Å²) in [5.74, 6) is 0.815. The molecule has 3 aromatic rings. The van der Waals surface area contributed by atoms with E-state index in [1.807, 2.05) is 30.5 Å². The monoisotopic (exact) mass is 331 g/mol. The van der Waals surface area contributed by atoms with E-state index in [-0.39, 0.29) is 0 Å². The van der Waals surface area contributed by atoms with Crippen LogP contribution in [-0.4, -0.2) is 17.1 Å². The third-order valence-corrected chi connectivity index (χ3v) is 3.83. The quantitative estimate of drug-likeness (QED) is 0.761. The van der Waals surface area contributed by atoms with Crippen LogP contribution >= 0.6 is 15.9 Å². The molecule has 0 aliphatic carbocycles. The number of halogens is 1. The summed E-state index contributed by atoms with van der Waals surface area (Å²) in [6.07, 6.45) is 3.77. The Morgan fingerprint density at radius 2 is 2.25 bits per heavy atom. The van der Waals surface area contributed by atoms with Crippen LogP contribution in [0.1, 0.15) is 5.56 Å². The Morgan fingerprint density at radius 1 is 1.35 bits per heavy atom. The third-order valence-electron chi connectivity index (χ3n) is 3.17. The Labute approximate surface area is 125 Å². The zero-order chi connectivity index (χ0) is 13.9. The number of anilines is 1. The molecule has 1 aromatic carbocycles. The average molecular weight is 332 g/mol. The molecule has 0 amide bonds. The Morgan fingerprint density at radius 3 is 3.10 bits per heavy atom. The fourth-order valence-electron chi connectivity index (χ4n) is 2.13. The van der Waals surface area contributed by atoms with E-state index in [9.17, 15) is 0 Å². The number of nitrogens with one attached hydrogen (secondary N) is 2. The SMILES string of the molecule is COc1cc(NCc2c[nH]c3ncccc23)ccc1Br. The van der Waals surface area contributed by atoms with E-state index in [0.29, 0.717) is 0 Å². The number of nitrogens with zero attached hydrogens (tertiary/aromatic N) is 1. The molecular weight excluding hydrogens is 318 g/mol. The molecule has 0 fully saturated rings. The summed E-state index contributed by atoms with van der Waals surface area (Å²) >= 11 is 3.45. The van der Waals surface area contributed by atoms with E-state index in [4.69, 9.17) is 4.74 Å². The lowest BCUT2D eigenvalue weighted by Gasteiger charge is -2.09. The standard InChI is InChI=1S/C15H14BrN3O/c1-20-14-7-11(4-5-13(14)16)18-8-10-9-19-15-12(10)3-2-6-17-15/h2-7,9,18H,8H2,1H3,(H,17,19). The van der Waals surface area contributed by atoms with Crippen molar-refractivity contribution in [2.24, 2.45) is 0 Å². The molecule has 0 saturated carbocycles. The highest BCUT2D eigenvalue weighted by Gasteiger charge is 2.05. The van der Waals surface area contributed by atoms with Gasteiger partial charge in [0.1, 0.15) is 11.4 Å². The first kappa shape index (κ1) is 13.0. The first-order valence-electron chi connectivity index (χ1n) is 6.26. The molecule has 0 bridgehead atoms. The summed E-state index contributed by atoms with van der Waals surface area (Å²) in [5.41, 5.74) is 3.12. The minimum absolute atomic E-state index is 0.733. The van der Waals surface area contributed by atoms with Crippen molar-refractivity contribution in [3.8, 4) is 5.75 Å². The van der Waals surface area contributed by atoms with Gasteiger partial charge in [0.2, 0.25) is 0 Å². The van der Waals surface area contributed by atoms with Crippen LogP contribution in [0.4, 0.5) is 5.69 Å². The highest BCUT2D eigenvalue weighted by molar-refractivity contribution is 9.10. The Balaban J connectivity index is 1.79. The van der Waals surface area contributed by atoms with Crippen LogP contribution in [0.25, 0.3) is 11.0 Å². The lowest BCUT2D eigenvalue weighted by molar-refractivity contribution is 0.412. The minimum atomic E-state index is 0.733. The number of pyridine rings is 1. The fourth-order valence-corrected chi connectivity index (χ4v) is 2.53. The number of fused-ring (bicyclic) bond motifs is 1. The van der Waals surface area contributed by atoms with Gasteiger partial charge in [-0.1, -0.05) is 0 Å². The molecule has 0 unspecified atom stereocenters. The Bertz CT molecular complexity index is 739. The first-order valence-corrected chi connectivity index (χ1v) is 7.05. The third kappa shape index (κ3) is 2.49. The van der Waals surface area contributed by atoms with Gasteiger partial charge in [0.05, 0.1) is 11.6 Å². The molecule has 4 nitrogen and oxygen atoms in total. The average Bonchev–Trinajstić information content (AvgIpc) is 2.90. The first-order chi connectivity index (χ1) is 9.78. The highest BCUT2D eigenvalue weighted by atomic mass is 79.9. The number of aromatic nitrogens is 2. The van der Waals surface area contributed by atoms with E-state index in [1.54, 1.807) is 13.3 Å². The van der Waals surface area contributed by atoms with Gasteiger partial charge in [-0.2, -0.15) is 0 Å². The maximum atomic E-state index is 5.29. The molecule has 102 valence electrons. The van der Waals surface area contributed by atoms with E-state index in [2.05, 4.69) is 37.3 Å². The van der Waals surface area contributed by atoms with Gasteiger partial charge < -0.3 is 15.0 Å². The molecule has 3 rings (SSSR count). The van der Waals surface area contributed by atoms with Gasteiger partial charge in [0.15, 0.2) is 0 Å². The van der Waals surface area contributed by atoms with Crippen LogP contribution in [0.5, 0.6) is 5.75 Å². The number of aromatic amines is 1. The smallest absolute Gasteiger partial charge is 0.137 e. The molecule has 20 heavy (non-hydrogen) atoms. The highest BCUT2D eigenvalue weighted by Crippen LogP contribution is 2.28. The van der Waals surface area contributed by atoms with E-state index >= 15 is 0 Å². The number of hydrogen-bond acceptors (Lipinski definition) is 3. The largest absolute Gasteiger partial charge is 0.495 e. The minimum Gasteiger partial charge on any atom is -0.495 e. The van der Waals surface area contributed by atoms with Gasteiger partial charge in [0, 0.05) is 36.1 Å². The summed E-state index contributed by atoms with van der Waals surface area (Å²) < 4.78 is 6.24. The molecule has 0 aliphatic rings. The molecule has 0 aliphatic heterocycles. The maximum Gasteiger partial charge on any atom is 0.137 e. The molecule has 0 atom stereocenters. The van der Waals surface area contributed by atoms with Crippen molar-refractivity contribution in [2.75, 3.05) is 12.4 Å². The van der Waals surface area contributed by atoms with Gasteiger partial charge in [-0.05, 0) is 45.8 Å². The van der Waals surface area contributed by atoms with Crippen LogP contribution in [0.2, 0.25) is 0 Å². The normalized spacial score (nSPS) is 10.7. The zero-order valence-corrected chi connectivity index (χ0v) is 12.6. The topological polar surface area (TPSA) is 49.9 Å². The molecule has 0 saturated heterocycles. The van der Waals surface area contributed by atoms with Gasteiger partial charge in [-0.3, -0.25) is 0 Å². The molecule has 2 heterocycles. The van der Waals surface area contributed by atoms with Crippen molar-refractivity contribution in [2.45, 2.75) is 6.54 Å².